The van der Waals surface area contributed by atoms with Gasteiger partial charge in [0, 0.05) is 18.3 Å². The molecule has 0 atom stereocenters. The molecule has 4 N–H and O–H groups in total. The Labute approximate surface area is 193 Å². The first-order valence-electron chi connectivity index (χ1n) is 10.1. The maximum Gasteiger partial charge on any atom is 0.335 e. The molecule has 0 unspecified atom stereocenters. The van der Waals surface area contributed by atoms with Crippen molar-refractivity contribution in [3.8, 4) is 0 Å². The maximum atomic E-state index is 13.2. The van der Waals surface area contributed by atoms with Gasteiger partial charge in [-0.2, -0.15) is 8.78 Å². The van der Waals surface area contributed by atoms with Crippen molar-refractivity contribution >= 4 is 43.0 Å². The average molecular weight is 508 g/mol. The van der Waals surface area contributed by atoms with Crippen molar-refractivity contribution in [3.05, 3.63) is 28.7 Å². The van der Waals surface area contributed by atoms with Crippen LogP contribution in [0.15, 0.2) is 27.9 Å². The highest BCUT2D eigenvalue weighted by atomic mass is 32.2. The molecule has 14 heteroatoms. The monoisotopic (exact) mass is 507 g/mol. The van der Waals surface area contributed by atoms with Crippen LogP contribution in [-0.2, 0) is 16.6 Å². The quantitative estimate of drug-likeness (QED) is 0.336. The van der Waals surface area contributed by atoms with Gasteiger partial charge < -0.3 is 4.90 Å². The normalized spacial score (nSPS) is 15.5. The van der Waals surface area contributed by atoms with Crippen molar-refractivity contribution in [1.29, 1.82) is 5.41 Å². The van der Waals surface area contributed by atoms with Crippen LogP contribution in [0.4, 0.5) is 13.2 Å². The van der Waals surface area contributed by atoms with Crippen molar-refractivity contribution in [2.75, 3.05) is 27.3 Å². The minimum Gasteiger partial charge on any atom is -0.309 e. The molecule has 0 saturated heterocycles. The number of hydrogen-bond acceptors (Lipinski definition) is 6. The van der Waals surface area contributed by atoms with Crippen LogP contribution in [0.3, 0.4) is 0 Å². The van der Waals surface area contributed by atoms with Gasteiger partial charge in [-0.25, -0.2) is 32.3 Å². The summed E-state index contributed by atoms with van der Waals surface area (Å²) in [6.07, 6.45) is -1.67. The SMILES string of the molecule is CN(C)CCCn1c(=O)n(C(=N)SC(=[NH2+])C(F)F)c2cc(S(=O)(=O)NC3(CF)CC3)ccc21. The Morgan fingerprint density at radius 3 is 2.55 bits per heavy atom. The summed E-state index contributed by atoms with van der Waals surface area (Å²) in [6.45, 7) is 0.0897. The number of nitrogens with two attached hydrogens (primary N) is 1. The number of thioether (sulfide) groups is 1. The number of nitrogens with one attached hydrogen (secondary N) is 2. The molecule has 1 aromatic carbocycles. The molecule has 1 saturated carbocycles. The highest BCUT2D eigenvalue weighted by molar-refractivity contribution is 8.26. The minimum absolute atomic E-state index is 0.0531. The molecule has 0 spiro atoms. The Kier molecular flexibility index (Phi) is 7.41. The van der Waals surface area contributed by atoms with Gasteiger partial charge in [-0.1, -0.05) is 0 Å². The molecule has 1 aliphatic rings. The fourth-order valence-corrected chi connectivity index (χ4v) is 5.36. The van der Waals surface area contributed by atoms with E-state index in [1.165, 1.54) is 22.8 Å². The molecule has 0 radical (unpaired) electrons. The molecule has 0 aliphatic heterocycles. The summed E-state index contributed by atoms with van der Waals surface area (Å²) in [7, 11) is -0.377. The Bertz CT molecular complexity index is 1240. The van der Waals surface area contributed by atoms with Gasteiger partial charge >= 0.3 is 12.1 Å². The van der Waals surface area contributed by atoms with Crippen LogP contribution in [0.25, 0.3) is 11.0 Å². The molecule has 1 heterocycles. The molecule has 33 heavy (non-hydrogen) atoms. The van der Waals surface area contributed by atoms with Crippen molar-refractivity contribution < 1.29 is 27.0 Å². The maximum absolute atomic E-state index is 13.2. The Morgan fingerprint density at radius 1 is 1.33 bits per heavy atom. The van der Waals surface area contributed by atoms with Gasteiger partial charge in [0.25, 0.3) is 5.04 Å². The number of benzene rings is 1. The van der Waals surface area contributed by atoms with Crippen LogP contribution >= 0.6 is 11.8 Å². The van der Waals surface area contributed by atoms with E-state index in [1.54, 1.807) is 0 Å². The summed E-state index contributed by atoms with van der Waals surface area (Å²) in [5.74, 6) is 0. The molecule has 9 nitrogen and oxygen atoms in total. The number of rotatable bonds is 9. The third kappa shape index (κ3) is 5.50. The Hall–Kier alpha value is -2.16. The lowest BCUT2D eigenvalue weighted by molar-refractivity contribution is -0.120. The molecule has 2 aromatic rings. The number of fused-ring (bicyclic) bond motifs is 1. The average Bonchev–Trinajstić information content (AvgIpc) is 3.44. The first-order valence-corrected chi connectivity index (χ1v) is 12.4. The van der Waals surface area contributed by atoms with Crippen LogP contribution in [0.2, 0.25) is 0 Å². The highest BCUT2D eigenvalue weighted by Crippen LogP contribution is 2.37. The van der Waals surface area contributed by atoms with Crippen molar-refractivity contribution in [3.63, 3.8) is 0 Å². The number of alkyl halides is 3. The van der Waals surface area contributed by atoms with Crippen molar-refractivity contribution in [2.24, 2.45) is 0 Å². The van der Waals surface area contributed by atoms with Gasteiger partial charge in [0.2, 0.25) is 10.0 Å². The fourth-order valence-electron chi connectivity index (χ4n) is 3.32. The Morgan fingerprint density at radius 2 is 2.00 bits per heavy atom. The van der Waals surface area contributed by atoms with Crippen LogP contribution in [0.5, 0.6) is 0 Å². The van der Waals surface area contributed by atoms with Gasteiger partial charge in [0.05, 0.1) is 21.5 Å². The number of hydrogen-bond donors (Lipinski definition) is 3. The number of aromatic nitrogens is 2. The molecule has 0 bridgehead atoms. The zero-order valence-corrected chi connectivity index (χ0v) is 19.8. The minimum atomic E-state index is -4.12. The van der Waals surface area contributed by atoms with Gasteiger partial charge in [-0.05, 0) is 58.1 Å². The highest BCUT2D eigenvalue weighted by Gasteiger charge is 2.46. The topological polar surface area (TPSA) is 126 Å². The molecular formula is C19H26F3N6O3S2+. The second kappa shape index (κ2) is 9.60. The van der Waals surface area contributed by atoms with E-state index in [0.29, 0.717) is 31.3 Å². The van der Waals surface area contributed by atoms with Crippen LogP contribution in [0.1, 0.15) is 19.3 Å². The van der Waals surface area contributed by atoms with Crippen molar-refractivity contribution in [2.45, 2.75) is 42.7 Å². The predicted octanol–water partition coefficient (Wildman–Crippen LogP) is 0.474. The van der Waals surface area contributed by atoms with E-state index in [9.17, 15) is 26.4 Å². The molecule has 3 rings (SSSR count). The van der Waals surface area contributed by atoms with E-state index in [2.05, 4.69) is 4.72 Å². The second-order valence-corrected chi connectivity index (χ2v) is 11.0. The van der Waals surface area contributed by atoms with Gasteiger partial charge in [0.1, 0.15) is 6.67 Å². The molecule has 1 aromatic heterocycles. The second-order valence-electron chi connectivity index (χ2n) is 8.21. The van der Waals surface area contributed by atoms with Gasteiger partial charge in [0.15, 0.2) is 5.17 Å². The number of halogens is 3. The summed E-state index contributed by atoms with van der Waals surface area (Å²) < 4.78 is 69.2. The Balaban J connectivity index is 2.08. The lowest BCUT2D eigenvalue weighted by Crippen LogP contribution is -2.43. The summed E-state index contributed by atoms with van der Waals surface area (Å²) in [6, 6.07) is 3.90. The van der Waals surface area contributed by atoms with Gasteiger partial charge in [-0.15, -0.1) is 0 Å². The summed E-state index contributed by atoms with van der Waals surface area (Å²) >= 11 is 0.223. The molecule has 0 amide bonds. The summed E-state index contributed by atoms with van der Waals surface area (Å²) in [5.41, 5.74) is -1.40. The third-order valence-corrected chi connectivity index (χ3v) is 7.66. The fraction of sp³-hybridized carbons (Fsp3) is 0.526. The van der Waals surface area contributed by atoms with E-state index in [4.69, 9.17) is 10.8 Å². The van der Waals surface area contributed by atoms with E-state index >= 15 is 0 Å². The van der Waals surface area contributed by atoms with Gasteiger partial charge in [-0.3, -0.25) is 9.98 Å². The zero-order chi connectivity index (χ0) is 24.6. The smallest absolute Gasteiger partial charge is 0.309 e. The number of imidazole rings is 1. The van der Waals surface area contributed by atoms with E-state index in [1.807, 2.05) is 19.0 Å². The molecule has 182 valence electrons. The van der Waals surface area contributed by atoms with Crippen LogP contribution < -0.4 is 15.8 Å². The van der Waals surface area contributed by atoms with Crippen LogP contribution in [0, 0.1) is 5.41 Å². The zero-order valence-electron chi connectivity index (χ0n) is 18.1. The molecule has 1 aliphatic carbocycles. The van der Waals surface area contributed by atoms with E-state index in [-0.39, 0.29) is 28.7 Å². The lowest BCUT2D eigenvalue weighted by atomic mass is 10.3. The molecular weight excluding hydrogens is 481 g/mol. The number of sulfonamides is 1. The summed E-state index contributed by atoms with van der Waals surface area (Å²) in [4.78, 5) is 14.8. The first kappa shape index (κ1) is 25.5. The van der Waals surface area contributed by atoms with Crippen LogP contribution in [-0.4, -0.2) is 71.9 Å². The van der Waals surface area contributed by atoms with Crippen molar-refractivity contribution in [1.82, 2.24) is 18.8 Å². The number of nitrogens with zero attached hydrogens (tertiary/aromatic N) is 3. The third-order valence-electron chi connectivity index (χ3n) is 5.29. The summed E-state index contributed by atoms with van der Waals surface area (Å²) in [5, 5.41) is 12.0. The standard InChI is InChI=1S/C19H25F3N6O3S2/c1-26(2)8-3-9-27-13-5-4-12(33(30,31)25-19(11-20)6-7-19)10-14(13)28(18(27)29)17(24)32-16(23)15(21)22/h4-5,10,15,23-25H,3,6-9,11H2,1-2H3/p+1. The first-order chi connectivity index (χ1) is 15.4. The lowest BCUT2D eigenvalue weighted by Gasteiger charge is -2.14. The van der Waals surface area contributed by atoms with E-state index < -0.39 is 44.6 Å². The predicted molar refractivity (Wildman–Crippen MR) is 121 cm³/mol. The molecule has 1 fully saturated rings. The van der Waals surface area contributed by atoms with E-state index in [0.717, 1.165) is 4.57 Å². The largest absolute Gasteiger partial charge is 0.335 e. The number of aryl methyl sites for hydroxylation is 1.